The van der Waals surface area contributed by atoms with Crippen LogP contribution in [-0.4, -0.2) is 32.3 Å². The Balaban J connectivity index is 1.16. The second-order valence-corrected chi connectivity index (χ2v) is 10.8. The van der Waals surface area contributed by atoms with E-state index in [1.54, 1.807) is 53.7 Å². The summed E-state index contributed by atoms with van der Waals surface area (Å²) in [5.74, 6) is 1.95. The summed E-state index contributed by atoms with van der Waals surface area (Å²) in [6, 6.07) is 24.8. The van der Waals surface area contributed by atoms with E-state index in [9.17, 15) is 9.18 Å². The molecule has 3 aromatic carbocycles. The maximum Gasteiger partial charge on any atom is 0.246 e. The van der Waals surface area contributed by atoms with Gasteiger partial charge < -0.3 is 19.4 Å². The van der Waals surface area contributed by atoms with Crippen molar-refractivity contribution >= 4 is 46.0 Å². The van der Waals surface area contributed by atoms with Gasteiger partial charge in [0.15, 0.2) is 0 Å². The molecule has 0 saturated carbocycles. The Bertz CT molecular complexity index is 2010. The molecule has 1 N–H and O–H groups in total. The predicted octanol–water partition coefficient (Wildman–Crippen LogP) is 8.46. The van der Waals surface area contributed by atoms with Gasteiger partial charge in [0.1, 0.15) is 41.8 Å². The van der Waals surface area contributed by atoms with Crippen LogP contribution in [-0.2, 0) is 17.9 Å². The van der Waals surface area contributed by atoms with Gasteiger partial charge in [-0.05, 0) is 90.9 Å². The molecule has 0 radical (unpaired) electrons. The zero-order chi connectivity index (χ0) is 31.9. The van der Waals surface area contributed by atoms with Gasteiger partial charge in [0.25, 0.3) is 0 Å². The van der Waals surface area contributed by atoms with Crippen LogP contribution in [0, 0.1) is 5.82 Å². The van der Waals surface area contributed by atoms with E-state index in [0.29, 0.717) is 52.5 Å². The van der Waals surface area contributed by atoms with Crippen LogP contribution in [0.5, 0.6) is 5.75 Å². The predicted molar refractivity (Wildman–Crippen MR) is 177 cm³/mol. The van der Waals surface area contributed by atoms with Crippen molar-refractivity contribution < 1.29 is 18.3 Å². The molecule has 0 aliphatic heterocycles. The van der Waals surface area contributed by atoms with E-state index in [0.717, 1.165) is 22.0 Å². The monoisotopic (exact) mass is 633 g/mol. The fourth-order valence-electron chi connectivity index (χ4n) is 4.83. The summed E-state index contributed by atoms with van der Waals surface area (Å²) in [7, 11) is 0. The molecule has 10 heteroatoms. The number of ether oxygens (including phenoxy) is 1. The summed E-state index contributed by atoms with van der Waals surface area (Å²) >= 11 is 6.52. The Morgan fingerprint density at radius 2 is 1.96 bits per heavy atom. The summed E-state index contributed by atoms with van der Waals surface area (Å²) in [5.41, 5.74) is 3.85. The van der Waals surface area contributed by atoms with Gasteiger partial charge in [-0.1, -0.05) is 29.8 Å². The SMILES string of the molecule is CCN(Cc1ccc(-c2ccc3ncnc(Nc4ccc(OCc5cccc(F)c5)c(Cl)c4)c3c2)o1)C(=O)/C=C/c1cccnc1. The standard InChI is InChI=1S/C36H29ClFN5O3/c1-2-43(35(44)15-8-24-6-4-16-39-20-24)21-29-11-14-33(46-29)26-9-12-32-30(18-26)36(41-23-40-32)42-28-10-13-34(31(37)19-28)45-22-25-5-3-7-27(38)17-25/h3-20,23H,2,21-22H2,1H3,(H,40,41,42)/b15-8+. The second-order valence-electron chi connectivity index (χ2n) is 10.4. The number of aromatic nitrogens is 3. The van der Waals surface area contributed by atoms with Crippen molar-refractivity contribution in [3.63, 3.8) is 0 Å². The van der Waals surface area contributed by atoms with Crippen molar-refractivity contribution in [3.8, 4) is 17.1 Å². The van der Waals surface area contributed by atoms with E-state index in [4.69, 9.17) is 20.8 Å². The van der Waals surface area contributed by atoms with Gasteiger partial charge in [-0.15, -0.1) is 0 Å². The minimum absolute atomic E-state index is 0.117. The molecular weight excluding hydrogens is 605 g/mol. The molecule has 3 heterocycles. The lowest BCUT2D eigenvalue weighted by Gasteiger charge is -2.17. The molecule has 6 rings (SSSR count). The number of pyridine rings is 1. The van der Waals surface area contributed by atoms with Crippen LogP contribution >= 0.6 is 11.6 Å². The first-order valence-electron chi connectivity index (χ1n) is 14.6. The maximum atomic E-state index is 13.5. The molecule has 0 unspecified atom stereocenters. The van der Waals surface area contributed by atoms with E-state index >= 15 is 0 Å². The Morgan fingerprint density at radius 1 is 1.04 bits per heavy atom. The van der Waals surface area contributed by atoms with Crippen LogP contribution in [0.15, 0.2) is 114 Å². The number of benzene rings is 3. The molecule has 0 aliphatic rings. The van der Waals surface area contributed by atoms with Crippen LogP contribution < -0.4 is 10.1 Å². The van der Waals surface area contributed by atoms with E-state index in [2.05, 4.69) is 20.3 Å². The first-order chi connectivity index (χ1) is 22.4. The third-order valence-corrected chi connectivity index (χ3v) is 7.50. The molecule has 0 bridgehead atoms. The number of hydrogen-bond acceptors (Lipinski definition) is 7. The fraction of sp³-hybridized carbons (Fsp3) is 0.111. The summed E-state index contributed by atoms with van der Waals surface area (Å²) in [6.45, 7) is 2.98. The molecule has 0 spiro atoms. The summed E-state index contributed by atoms with van der Waals surface area (Å²) in [4.78, 5) is 27.5. The minimum atomic E-state index is -0.319. The lowest BCUT2D eigenvalue weighted by molar-refractivity contribution is -0.126. The number of halogens is 2. The number of rotatable bonds is 11. The van der Waals surface area contributed by atoms with Gasteiger partial charge in [0.05, 0.1) is 17.1 Å². The average molecular weight is 634 g/mol. The molecule has 0 aliphatic carbocycles. The highest BCUT2D eigenvalue weighted by molar-refractivity contribution is 6.32. The second kappa shape index (κ2) is 14.0. The normalized spacial score (nSPS) is 11.2. The highest BCUT2D eigenvalue weighted by atomic mass is 35.5. The Hall–Kier alpha value is -5.54. The van der Waals surface area contributed by atoms with Crippen molar-refractivity contribution in [2.24, 2.45) is 0 Å². The molecular formula is C36H29ClFN5O3. The number of amides is 1. The first kappa shape index (κ1) is 30.5. The van der Waals surface area contributed by atoms with Crippen molar-refractivity contribution in [3.05, 3.63) is 137 Å². The van der Waals surface area contributed by atoms with Crippen molar-refractivity contribution in [1.29, 1.82) is 0 Å². The smallest absolute Gasteiger partial charge is 0.246 e. The third kappa shape index (κ3) is 7.39. The molecule has 0 atom stereocenters. The molecule has 230 valence electrons. The quantitative estimate of drug-likeness (QED) is 0.143. The van der Waals surface area contributed by atoms with Crippen LogP contribution in [0.4, 0.5) is 15.9 Å². The van der Waals surface area contributed by atoms with Crippen LogP contribution in [0.25, 0.3) is 28.3 Å². The highest BCUT2D eigenvalue weighted by Crippen LogP contribution is 2.33. The van der Waals surface area contributed by atoms with Crippen molar-refractivity contribution in [1.82, 2.24) is 19.9 Å². The summed E-state index contributed by atoms with van der Waals surface area (Å²) < 4.78 is 25.5. The van der Waals surface area contributed by atoms with E-state index in [1.807, 2.05) is 55.5 Å². The Kier molecular flexibility index (Phi) is 9.31. The lowest BCUT2D eigenvalue weighted by Crippen LogP contribution is -2.28. The van der Waals surface area contributed by atoms with Gasteiger partial charge in [-0.2, -0.15) is 0 Å². The van der Waals surface area contributed by atoms with E-state index in [-0.39, 0.29) is 18.3 Å². The number of fused-ring (bicyclic) bond motifs is 1. The minimum Gasteiger partial charge on any atom is -0.487 e. The first-order valence-corrected chi connectivity index (χ1v) is 15.0. The Labute approximate surface area is 270 Å². The molecule has 0 saturated heterocycles. The average Bonchev–Trinajstić information content (AvgIpc) is 3.55. The largest absolute Gasteiger partial charge is 0.487 e. The molecule has 8 nitrogen and oxygen atoms in total. The molecule has 6 aromatic rings. The zero-order valence-corrected chi connectivity index (χ0v) is 25.6. The highest BCUT2D eigenvalue weighted by Gasteiger charge is 2.14. The summed E-state index contributed by atoms with van der Waals surface area (Å²) in [5, 5.41) is 4.51. The number of likely N-dealkylation sites (N-methyl/N-ethyl adjacent to an activating group) is 1. The number of carbonyl (C=O) groups is 1. The van der Waals surface area contributed by atoms with Gasteiger partial charge in [-0.25, -0.2) is 14.4 Å². The number of nitrogens with one attached hydrogen (secondary N) is 1. The Morgan fingerprint density at radius 3 is 2.76 bits per heavy atom. The van der Waals surface area contributed by atoms with Crippen molar-refractivity contribution in [2.45, 2.75) is 20.1 Å². The molecule has 1 amide bonds. The number of anilines is 2. The lowest BCUT2D eigenvalue weighted by atomic mass is 10.1. The van der Waals surface area contributed by atoms with Gasteiger partial charge >= 0.3 is 0 Å². The third-order valence-electron chi connectivity index (χ3n) is 7.20. The number of nitrogens with zero attached hydrogens (tertiary/aromatic N) is 4. The van der Waals surface area contributed by atoms with Crippen molar-refractivity contribution in [2.75, 3.05) is 11.9 Å². The van der Waals surface area contributed by atoms with Crippen LogP contribution in [0.1, 0.15) is 23.8 Å². The maximum absolute atomic E-state index is 13.5. The molecule has 46 heavy (non-hydrogen) atoms. The van der Waals surface area contributed by atoms with E-state index in [1.165, 1.54) is 18.5 Å². The van der Waals surface area contributed by atoms with Crippen LogP contribution in [0.2, 0.25) is 5.02 Å². The van der Waals surface area contributed by atoms with Gasteiger partial charge in [0.2, 0.25) is 5.91 Å². The number of hydrogen-bond donors (Lipinski definition) is 1. The van der Waals surface area contributed by atoms with Crippen LogP contribution in [0.3, 0.4) is 0 Å². The number of carbonyl (C=O) groups excluding carboxylic acids is 1. The topological polar surface area (TPSA) is 93.4 Å². The summed E-state index contributed by atoms with van der Waals surface area (Å²) in [6.07, 6.45) is 8.18. The van der Waals surface area contributed by atoms with Gasteiger partial charge in [0, 0.05) is 41.7 Å². The van der Waals surface area contributed by atoms with E-state index < -0.39 is 0 Å². The molecule has 3 aromatic heterocycles. The fourth-order valence-corrected chi connectivity index (χ4v) is 5.06. The number of furan rings is 1. The molecule has 0 fully saturated rings. The van der Waals surface area contributed by atoms with Gasteiger partial charge in [-0.3, -0.25) is 9.78 Å². The zero-order valence-electron chi connectivity index (χ0n) is 24.9.